The molecule has 0 unspecified atom stereocenters. The van der Waals surface area contributed by atoms with Crippen LogP contribution in [0.1, 0.15) is 18.7 Å². The normalized spacial score (nSPS) is 15.4. The molecular formula is C15H21N5OS. The lowest BCUT2D eigenvalue weighted by Crippen LogP contribution is -2.46. The number of hydrogen-bond acceptors (Lipinski definition) is 6. The number of piperazine rings is 1. The zero-order valence-corrected chi connectivity index (χ0v) is 13.8. The molecule has 1 fully saturated rings. The van der Waals surface area contributed by atoms with Gasteiger partial charge < -0.3 is 15.1 Å². The molecule has 0 radical (unpaired) electrons. The lowest BCUT2D eigenvalue weighted by molar-refractivity contribution is -0.118. The lowest BCUT2D eigenvalue weighted by atomic mass is 10.3. The number of hydrogen-bond donors (Lipinski definition) is 1. The van der Waals surface area contributed by atoms with E-state index < -0.39 is 0 Å². The van der Waals surface area contributed by atoms with Crippen molar-refractivity contribution in [3.63, 3.8) is 0 Å². The maximum absolute atomic E-state index is 10.8. The molecule has 0 bridgehead atoms. The van der Waals surface area contributed by atoms with E-state index in [1.165, 1.54) is 4.88 Å². The average Bonchev–Trinajstić information content (AvgIpc) is 2.98. The second-order valence-electron chi connectivity index (χ2n) is 5.32. The number of aryl methyl sites for hydroxylation is 1. The van der Waals surface area contributed by atoms with Crippen LogP contribution in [-0.2, 0) is 11.2 Å². The Morgan fingerprint density at radius 1 is 1.27 bits per heavy atom. The van der Waals surface area contributed by atoms with Crippen LogP contribution >= 0.6 is 11.3 Å². The molecule has 1 saturated heterocycles. The van der Waals surface area contributed by atoms with Crippen molar-refractivity contribution in [1.82, 2.24) is 14.9 Å². The highest BCUT2D eigenvalue weighted by atomic mass is 32.1. The van der Waals surface area contributed by atoms with Gasteiger partial charge >= 0.3 is 0 Å². The summed E-state index contributed by atoms with van der Waals surface area (Å²) >= 11 is 1.74. The van der Waals surface area contributed by atoms with E-state index in [4.69, 9.17) is 9.97 Å². The van der Waals surface area contributed by atoms with Crippen LogP contribution in [0.5, 0.6) is 0 Å². The van der Waals surface area contributed by atoms with Gasteiger partial charge in [-0.05, 0) is 19.4 Å². The molecule has 1 N–H and O–H groups in total. The summed E-state index contributed by atoms with van der Waals surface area (Å²) in [5.41, 5.74) is 0. The van der Waals surface area contributed by atoms with Crippen LogP contribution in [0.4, 0.5) is 11.8 Å². The van der Waals surface area contributed by atoms with Crippen LogP contribution in [0.3, 0.4) is 0 Å². The van der Waals surface area contributed by atoms with Crippen LogP contribution in [-0.4, -0.2) is 54.0 Å². The molecule has 0 aromatic carbocycles. The molecule has 0 aliphatic carbocycles. The van der Waals surface area contributed by atoms with E-state index in [0.29, 0.717) is 0 Å². The molecule has 22 heavy (non-hydrogen) atoms. The van der Waals surface area contributed by atoms with Crippen molar-refractivity contribution in [3.8, 4) is 0 Å². The predicted octanol–water partition coefficient (Wildman–Crippen LogP) is 1.96. The fourth-order valence-corrected chi connectivity index (χ4v) is 3.57. The fraction of sp³-hybridized carbons (Fsp3) is 0.533. The van der Waals surface area contributed by atoms with Crippen molar-refractivity contribution in [2.45, 2.75) is 20.3 Å². The zero-order chi connectivity index (χ0) is 15.5. The number of nitrogens with zero attached hydrogens (tertiary/aromatic N) is 4. The van der Waals surface area contributed by atoms with E-state index in [-0.39, 0.29) is 0 Å². The monoisotopic (exact) mass is 319 g/mol. The fourth-order valence-electron chi connectivity index (χ4n) is 2.61. The van der Waals surface area contributed by atoms with Crippen LogP contribution in [0.2, 0.25) is 0 Å². The number of carbonyl (C=O) groups is 1. The summed E-state index contributed by atoms with van der Waals surface area (Å²) in [7, 11) is 0. The molecule has 0 atom stereocenters. The quantitative estimate of drug-likeness (QED) is 0.854. The number of rotatable bonds is 5. The minimum absolute atomic E-state index is 0.728. The third-order valence-corrected chi connectivity index (χ3v) is 5.04. The molecule has 0 saturated carbocycles. The van der Waals surface area contributed by atoms with Gasteiger partial charge in [0, 0.05) is 37.6 Å². The van der Waals surface area contributed by atoms with Gasteiger partial charge in [-0.1, -0.05) is 6.92 Å². The van der Waals surface area contributed by atoms with Crippen LogP contribution in [0.25, 0.3) is 10.2 Å². The Hall–Kier alpha value is -1.89. The molecular weight excluding hydrogens is 298 g/mol. The number of carbonyl (C=O) groups excluding carboxylic acids is 1. The number of anilines is 2. The Balaban J connectivity index is 1.94. The third kappa shape index (κ3) is 2.85. The SMILES string of the molecule is CCNc1nc(N2CCN(C=O)CC2)nc2sc(CC)cc12. The Bertz CT molecular complexity index is 663. The summed E-state index contributed by atoms with van der Waals surface area (Å²) < 4.78 is 0. The number of thiophene rings is 1. The molecule has 6 nitrogen and oxygen atoms in total. The van der Waals surface area contributed by atoms with E-state index >= 15 is 0 Å². The highest BCUT2D eigenvalue weighted by molar-refractivity contribution is 7.18. The number of aromatic nitrogens is 2. The van der Waals surface area contributed by atoms with E-state index in [2.05, 4.69) is 30.1 Å². The molecule has 7 heteroatoms. The van der Waals surface area contributed by atoms with Gasteiger partial charge in [-0.15, -0.1) is 11.3 Å². The van der Waals surface area contributed by atoms with Gasteiger partial charge in [0.1, 0.15) is 10.6 Å². The predicted molar refractivity (Wildman–Crippen MR) is 90.8 cm³/mol. The van der Waals surface area contributed by atoms with E-state index in [1.54, 1.807) is 16.2 Å². The van der Waals surface area contributed by atoms with Gasteiger partial charge in [0.25, 0.3) is 0 Å². The maximum Gasteiger partial charge on any atom is 0.228 e. The molecule has 0 spiro atoms. The topological polar surface area (TPSA) is 61.4 Å². The van der Waals surface area contributed by atoms with E-state index in [9.17, 15) is 4.79 Å². The summed E-state index contributed by atoms with van der Waals surface area (Å²) in [6.45, 7) is 8.08. The molecule has 118 valence electrons. The summed E-state index contributed by atoms with van der Waals surface area (Å²) in [4.78, 5) is 26.6. The largest absolute Gasteiger partial charge is 0.370 e. The van der Waals surface area contributed by atoms with Gasteiger partial charge in [-0.3, -0.25) is 4.79 Å². The number of fused-ring (bicyclic) bond motifs is 1. The summed E-state index contributed by atoms with van der Waals surface area (Å²) in [6, 6.07) is 2.19. The van der Waals surface area contributed by atoms with Crippen molar-refractivity contribution >= 4 is 39.7 Å². The van der Waals surface area contributed by atoms with Gasteiger partial charge in [-0.25, -0.2) is 4.98 Å². The smallest absolute Gasteiger partial charge is 0.228 e. The van der Waals surface area contributed by atoms with Gasteiger partial charge in [-0.2, -0.15) is 4.98 Å². The standard InChI is InChI=1S/C15H21N5OS/c1-3-11-9-12-13(16-4-2)17-15(18-14(12)22-11)20-7-5-19(10-21)6-8-20/h9-10H,3-8H2,1-2H3,(H,16,17,18). The van der Waals surface area contributed by atoms with E-state index in [1.807, 2.05) is 0 Å². The van der Waals surface area contributed by atoms with E-state index in [0.717, 1.165) is 67.5 Å². The summed E-state index contributed by atoms with van der Waals surface area (Å²) in [5, 5.41) is 4.46. The Morgan fingerprint density at radius 2 is 2.05 bits per heavy atom. The third-order valence-electron chi connectivity index (χ3n) is 3.87. The summed E-state index contributed by atoms with van der Waals surface area (Å²) in [6.07, 6.45) is 1.93. The second-order valence-corrected chi connectivity index (χ2v) is 6.43. The molecule has 1 aliphatic heterocycles. The van der Waals surface area contributed by atoms with Gasteiger partial charge in [0.2, 0.25) is 12.4 Å². The Labute approximate surface area is 134 Å². The Kier molecular flexibility index (Phi) is 4.42. The van der Waals surface area contributed by atoms with Crippen LogP contribution in [0.15, 0.2) is 6.07 Å². The summed E-state index contributed by atoms with van der Waals surface area (Å²) in [5.74, 6) is 1.68. The van der Waals surface area contributed by atoms with Gasteiger partial charge in [0.05, 0.1) is 5.39 Å². The minimum Gasteiger partial charge on any atom is -0.370 e. The maximum atomic E-state index is 10.8. The van der Waals surface area contributed by atoms with Crippen molar-refractivity contribution in [3.05, 3.63) is 10.9 Å². The van der Waals surface area contributed by atoms with Crippen molar-refractivity contribution in [2.24, 2.45) is 0 Å². The molecule has 1 aliphatic rings. The molecule has 2 aromatic rings. The minimum atomic E-state index is 0.728. The Morgan fingerprint density at radius 3 is 2.68 bits per heavy atom. The first kappa shape index (κ1) is 15.0. The first-order valence-electron chi connectivity index (χ1n) is 7.73. The highest BCUT2D eigenvalue weighted by Gasteiger charge is 2.20. The molecule has 1 amide bonds. The van der Waals surface area contributed by atoms with Crippen LogP contribution < -0.4 is 10.2 Å². The second kappa shape index (κ2) is 6.48. The first-order chi connectivity index (χ1) is 10.7. The average molecular weight is 319 g/mol. The lowest BCUT2D eigenvalue weighted by Gasteiger charge is -2.32. The zero-order valence-electron chi connectivity index (χ0n) is 13.0. The number of nitrogens with one attached hydrogen (secondary N) is 1. The highest BCUT2D eigenvalue weighted by Crippen LogP contribution is 2.31. The van der Waals surface area contributed by atoms with Crippen molar-refractivity contribution < 1.29 is 4.79 Å². The number of amides is 1. The van der Waals surface area contributed by atoms with Crippen molar-refractivity contribution in [1.29, 1.82) is 0 Å². The first-order valence-corrected chi connectivity index (χ1v) is 8.55. The van der Waals surface area contributed by atoms with Crippen LogP contribution in [0, 0.1) is 0 Å². The molecule has 2 aromatic heterocycles. The molecule has 3 heterocycles. The molecule has 3 rings (SSSR count). The van der Waals surface area contributed by atoms with Gasteiger partial charge in [0.15, 0.2) is 0 Å². The van der Waals surface area contributed by atoms with Crippen molar-refractivity contribution in [2.75, 3.05) is 42.9 Å².